The van der Waals surface area contributed by atoms with E-state index in [1.807, 2.05) is 0 Å². The van der Waals surface area contributed by atoms with Crippen LogP contribution in [0.15, 0.2) is 0 Å². The van der Waals surface area contributed by atoms with Crippen LogP contribution in [0, 0.1) is 0 Å². The zero-order valence-corrected chi connectivity index (χ0v) is 12.1. The number of hydrogen-bond acceptors (Lipinski definition) is 1. The van der Waals surface area contributed by atoms with Gasteiger partial charge in [-0.1, -0.05) is 6.92 Å². The zero-order chi connectivity index (χ0) is 19.8. The van der Waals surface area contributed by atoms with Crippen LogP contribution < -0.4 is 0 Å². The molecule has 0 aromatic heterocycles. The van der Waals surface area contributed by atoms with Crippen molar-refractivity contribution in [2.75, 3.05) is 6.61 Å². The molecule has 0 bridgehead atoms. The molecule has 0 aliphatic rings. The fraction of sp³-hybridized carbons (Fsp3) is 1.00. The second-order valence-corrected chi connectivity index (χ2v) is 5.03. The average molecular weight is 388 g/mol. The van der Waals surface area contributed by atoms with E-state index in [2.05, 4.69) is 4.74 Å². The van der Waals surface area contributed by atoms with Gasteiger partial charge in [-0.3, -0.25) is 0 Å². The third-order valence-electron chi connectivity index (χ3n) is 3.32. The molecule has 146 valence electrons. The lowest BCUT2D eigenvalue weighted by molar-refractivity contribution is -0.398. The summed E-state index contributed by atoms with van der Waals surface area (Å²) in [7, 11) is 0. The first kappa shape index (κ1) is 23.1. The molecule has 13 heteroatoms. The van der Waals surface area contributed by atoms with Gasteiger partial charge in [-0.15, -0.1) is 0 Å². The summed E-state index contributed by atoms with van der Waals surface area (Å²) in [4.78, 5) is 0. The molecule has 0 rings (SSSR count). The Bertz CT molecular complexity index is 424. The number of halogens is 12. The van der Waals surface area contributed by atoms with E-state index >= 15 is 0 Å². The lowest BCUT2D eigenvalue weighted by Crippen LogP contribution is -2.61. The minimum atomic E-state index is -7.08. The molecule has 24 heavy (non-hydrogen) atoms. The van der Waals surface area contributed by atoms with E-state index < -0.39 is 55.2 Å². The minimum absolute atomic E-state index is 0.383. The van der Waals surface area contributed by atoms with E-state index in [9.17, 15) is 52.7 Å². The van der Waals surface area contributed by atoms with Gasteiger partial charge in [0.1, 0.15) is 0 Å². The molecule has 0 aromatic carbocycles. The first-order chi connectivity index (χ1) is 10.3. The second-order valence-electron chi connectivity index (χ2n) is 5.03. The Hall–Kier alpha value is -0.880. The molecule has 1 atom stereocenters. The molecule has 0 radical (unpaired) electrons. The molecule has 1 unspecified atom stereocenters. The molecule has 1 nitrogen and oxygen atoms in total. The molecular weight excluding hydrogens is 376 g/mol. The molecule has 0 saturated carbocycles. The van der Waals surface area contributed by atoms with Crippen LogP contribution >= 0.6 is 0 Å². The van der Waals surface area contributed by atoms with Crippen molar-refractivity contribution in [3.63, 3.8) is 0 Å². The number of ether oxygens (including phenoxy) is 1. The van der Waals surface area contributed by atoms with Gasteiger partial charge in [0, 0.05) is 6.42 Å². The molecule has 0 spiro atoms. The van der Waals surface area contributed by atoms with E-state index in [-0.39, 0.29) is 0 Å². The largest absolute Gasteiger partial charge is 0.460 e. The molecule has 0 heterocycles. The summed E-state index contributed by atoms with van der Waals surface area (Å²) in [6, 6.07) is 0. The van der Waals surface area contributed by atoms with Gasteiger partial charge in [0.15, 0.2) is 5.60 Å². The number of rotatable bonds is 7. The van der Waals surface area contributed by atoms with Crippen molar-refractivity contribution in [1.29, 1.82) is 0 Å². The Morgan fingerprint density at radius 2 is 1.08 bits per heavy atom. The summed E-state index contributed by atoms with van der Waals surface area (Å²) in [6.07, 6.45) is -15.4. The van der Waals surface area contributed by atoms with Gasteiger partial charge in [-0.05, 0) is 13.3 Å². The first-order valence-electron chi connectivity index (χ1n) is 6.17. The highest BCUT2D eigenvalue weighted by atomic mass is 19.4. The van der Waals surface area contributed by atoms with E-state index in [4.69, 9.17) is 0 Å². The summed E-state index contributed by atoms with van der Waals surface area (Å²) in [5, 5.41) is 0. The Labute approximate surface area is 127 Å². The van der Waals surface area contributed by atoms with Crippen molar-refractivity contribution >= 4 is 0 Å². The quantitative estimate of drug-likeness (QED) is 0.517. The molecule has 0 saturated heterocycles. The number of alkyl halides is 12. The fourth-order valence-electron chi connectivity index (χ4n) is 1.35. The summed E-state index contributed by atoms with van der Waals surface area (Å²) in [6.45, 7) is -0.522. The lowest BCUT2D eigenvalue weighted by Gasteiger charge is -2.35. The van der Waals surface area contributed by atoms with Gasteiger partial charge in [0.25, 0.3) is 0 Å². The summed E-state index contributed by atoms with van der Waals surface area (Å²) >= 11 is 0. The standard InChI is InChI=1S/C11H12F12O/c1-3-6(2,10(18,19)20)24-5-4-7(12,13)8(14,15)9(16,17)11(21,22)23/h3-5H2,1-2H3. The van der Waals surface area contributed by atoms with Crippen molar-refractivity contribution in [3.05, 3.63) is 0 Å². The zero-order valence-electron chi connectivity index (χ0n) is 12.1. The highest BCUT2D eigenvalue weighted by Crippen LogP contribution is 2.54. The lowest BCUT2D eigenvalue weighted by atomic mass is 10.0. The predicted octanol–water partition coefficient (Wildman–Crippen LogP) is 5.59. The van der Waals surface area contributed by atoms with Crippen LogP contribution in [0.1, 0.15) is 26.7 Å². The molecular formula is C11H12F12O. The smallest absolute Gasteiger partial charge is 0.366 e. The van der Waals surface area contributed by atoms with Crippen molar-refractivity contribution in [2.45, 2.75) is 62.4 Å². The van der Waals surface area contributed by atoms with Crippen molar-refractivity contribution in [1.82, 2.24) is 0 Å². The second kappa shape index (κ2) is 6.45. The van der Waals surface area contributed by atoms with Crippen molar-refractivity contribution < 1.29 is 57.4 Å². The molecule has 0 N–H and O–H groups in total. The van der Waals surface area contributed by atoms with Crippen LogP contribution in [-0.4, -0.2) is 42.3 Å². The highest BCUT2D eigenvalue weighted by molar-refractivity contribution is 5.00. The summed E-state index contributed by atoms with van der Waals surface area (Å²) in [5.41, 5.74) is -3.05. The Kier molecular flexibility index (Phi) is 6.21. The normalized spacial score (nSPS) is 17.8. The SMILES string of the molecule is CCC(C)(OCCC(F)(F)C(F)(F)C(F)(F)C(F)(F)F)C(F)(F)F. The maximum absolute atomic E-state index is 13.1. The van der Waals surface area contributed by atoms with Crippen LogP contribution in [0.2, 0.25) is 0 Å². The van der Waals surface area contributed by atoms with E-state index in [0.29, 0.717) is 6.92 Å². The molecule has 0 aliphatic heterocycles. The van der Waals surface area contributed by atoms with Crippen molar-refractivity contribution in [2.24, 2.45) is 0 Å². The fourth-order valence-corrected chi connectivity index (χ4v) is 1.35. The van der Waals surface area contributed by atoms with Gasteiger partial charge < -0.3 is 4.74 Å². The third-order valence-corrected chi connectivity index (χ3v) is 3.32. The van der Waals surface area contributed by atoms with Crippen LogP contribution in [0.4, 0.5) is 52.7 Å². The molecule has 0 amide bonds. The summed E-state index contributed by atoms with van der Waals surface area (Å²) < 4.78 is 154. The minimum Gasteiger partial charge on any atom is -0.366 e. The monoisotopic (exact) mass is 388 g/mol. The number of hydrogen-bond donors (Lipinski definition) is 0. The van der Waals surface area contributed by atoms with Gasteiger partial charge in [0.05, 0.1) is 6.61 Å². The van der Waals surface area contributed by atoms with Crippen LogP contribution in [0.25, 0.3) is 0 Å². The van der Waals surface area contributed by atoms with Crippen LogP contribution in [0.3, 0.4) is 0 Å². The maximum Gasteiger partial charge on any atom is 0.460 e. The Morgan fingerprint density at radius 1 is 0.667 bits per heavy atom. The van der Waals surface area contributed by atoms with Gasteiger partial charge in [-0.25, -0.2) is 0 Å². The first-order valence-corrected chi connectivity index (χ1v) is 6.17. The third kappa shape index (κ3) is 4.02. The van der Waals surface area contributed by atoms with E-state index in [1.165, 1.54) is 0 Å². The van der Waals surface area contributed by atoms with Crippen LogP contribution in [0.5, 0.6) is 0 Å². The molecule has 0 aliphatic carbocycles. The topological polar surface area (TPSA) is 9.23 Å². The highest BCUT2D eigenvalue weighted by Gasteiger charge is 2.81. The van der Waals surface area contributed by atoms with E-state index in [0.717, 1.165) is 6.92 Å². The van der Waals surface area contributed by atoms with Gasteiger partial charge >= 0.3 is 30.1 Å². The predicted molar refractivity (Wildman–Crippen MR) is 56.2 cm³/mol. The Balaban J connectivity index is 5.24. The molecule has 0 fully saturated rings. The average Bonchev–Trinajstić information content (AvgIpc) is 2.34. The maximum atomic E-state index is 13.1. The van der Waals surface area contributed by atoms with Gasteiger partial charge in [0.2, 0.25) is 0 Å². The van der Waals surface area contributed by atoms with Crippen LogP contribution in [-0.2, 0) is 4.74 Å². The Morgan fingerprint density at radius 3 is 1.38 bits per heavy atom. The van der Waals surface area contributed by atoms with E-state index in [1.54, 1.807) is 0 Å². The van der Waals surface area contributed by atoms with Gasteiger partial charge in [-0.2, -0.15) is 52.7 Å². The summed E-state index contributed by atoms with van der Waals surface area (Å²) in [5.74, 6) is -19.9. The van der Waals surface area contributed by atoms with Crippen molar-refractivity contribution in [3.8, 4) is 0 Å². The molecule has 0 aromatic rings.